The number of benzene rings is 1. The molecule has 0 saturated heterocycles. The molecule has 0 spiro atoms. The minimum Gasteiger partial charge on any atom is -0.385 e. The molecule has 1 N–H and O–H groups in total. The predicted octanol–water partition coefficient (Wildman–Crippen LogP) is 1.61. The summed E-state index contributed by atoms with van der Waals surface area (Å²) in [5, 5.41) is 2.76. The number of carbonyl (C=O) groups is 1. The van der Waals surface area contributed by atoms with Gasteiger partial charge in [0.15, 0.2) is 0 Å². The minimum absolute atomic E-state index is 0.118. The van der Waals surface area contributed by atoms with Crippen molar-refractivity contribution in [3.63, 3.8) is 0 Å². The number of methoxy groups -OCH3 is 1. The van der Waals surface area contributed by atoms with Gasteiger partial charge in [-0.15, -0.1) is 0 Å². The number of sulfonamides is 1. The number of hydrogen-bond acceptors (Lipinski definition) is 4. The molecule has 0 heterocycles. The summed E-state index contributed by atoms with van der Waals surface area (Å²) in [7, 11) is -1.84. The number of nitrogens with one attached hydrogen (secondary N) is 1. The van der Waals surface area contributed by atoms with E-state index in [1.165, 1.54) is 4.31 Å². The molecule has 0 aromatic heterocycles. The maximum atomic E-state index is 12.0. The van der Waals surface area contributed by atoms with Crippen molar-refractivity contribution < 1.29 is 17.9 Å². The molecule has 0 fully saturated rings. The second-order valence-corrected chi connectivity index (χ2v) is 7.53. The Bertz CT molecular complexity index is 609. The maximum absolute atomic E-state index is 12.0. The lowest BCUT2D eigenvalue weighted by molar-refractivity contribution is -0.120. The molecular weight excluding hydrogens is 316 g/mol. The van der Waals surface area contributed by atoms with Gasteiger partial charge in [-0.25, -0.2) is 8.42 Å². The van der Waals surface area contributed by atoms with Crippen LogP contribution >= 0.6 is 0 Å². The first kappa shape index (κ1) is 19.4. The molecule has 0 saturated carbocycles. The standard InChI is InChI=1S/C16H26N2O4S/c1-13-10-14(2)12-15(11-13)18(23(4,20)21)8-6-16(19)17-7-5-9-22-3/h10-12H,5-9H2,1-4H3,(H,17,19). The summed E-state index contributed by atoms with van der Waals surface area (Å²) >= 11 is 0. The first-order valence-electron chi connectivity index (χ1n) is 7.55. The van der Waals surface area contributed by atoms with E-state index in [-0.39, 0.29) is 18.9 Å². The summed E-state index contributed by atoms with van der Waals surface area (Å²) in [6.07, 6.45) is 2.00. The number of amides is 1. The van der Waals surface area contributed by atoms with Crippen molar-refractivity contribution in [1.82, 2.24) is 5.32 Å². The van der Waals surface area contributed by atoms with Gasteiger partial charge < -0.3 is 10.1 Å². The molecule has 7 heteroatoms. The second-order valence-electron chi connectivity index (χ2n) is 5.63. The van der Waals surface area contributed by atoms with Gasteiger partial charge in [-0.05, 0) is 43.5 Å². The number of ether oxygens (including phenoxy) is 1. The van der Waals surface area contributed by atoms with Crippen molar-refractivity contribution in [3.05, 3.63) is 29.3 Å². The molecule has 1 aromatic carbocycles. The third-order valence-electron chi connectivity index (χ3n) is 3.28. The van der Waals surface area contributed by atoms with Gasteiger partial charge in [-0.3, -0.25) is 9.10 Å². The van der Waals surface area contributed by atoms with Crippen LogP contribution in [0, 0.1) is 13.8 Å². The molecule has 0 unspecified atom stereocenters. The number of nitrogens with zero attached hydrogens (tertiary/aromatic N) is 1. The molecule has 23 heavy (non-hydrogen) atoms. The molecule has 0 aliphatic carbocycles. The van der Waals surface area contributed by atoms with E-state index in [9.17, 15) is 13.2 Å². The van der Waals surface area contributed by atoms with Crippen LogP contribution in [0.3, 0.4) is 0 Å². The zero-order chi connectivity index (χ0) is 17.5. The van der Waals surface area contributed by atoms with Gasteiger partial charge in [-0.1, -0.05) is 6.07 Å². The van der Waals surface area contributed by atoms with Gasteiger partial charge in [0.1, 0.15) is 0 Å². The number of aryl methyl sites for hydroxylation is 2. The Kier molecular flexibility index (Phi) is 7.51. The van der Waals surface area contributed by atoms with Crippen LogP contribution in [0.2, 0.25) is 0 Å². The lowest BCUT2D eigenvalue weighted by Gasteiger charge is -2.23. The third kappa shape index (κ3) is 7.00. The monoisotopic (exact) mass is 342 g/mol. The van der Waals surface area contributed by atoms with Crippen molar-refractivity contribution in [3.8, 4) is 0 Å². The molecule has 0 radical (unpaired) electrons. The summed E-state index contributed by atoms with van der Waals surface area (Å²) in [4.78, 5) is 11.8. The van der Waals surface area contributed by atoms with Crippen LogP contribution in [-0.4, -0.2) is 47.4 Å². The van der Waals surface area contributed by atoms with E-state index in [2.05, 4.69) is 5.32 Å². The van der Waals surface area contributed by atoms with Gasteiger partial charge >= 0.3 is 0 Å². The lowest BCUT2D eigenvalue weighted by Crippen LogP contribution is -2.35. The smallest absolute Gasteiger partial charge is 0.232 e. The highest BCUT2D eigenvalue weighted by Gasteiger charge is 2.19. The number of anilines is 1. The molecule has 130 valence electrons. The molecule has 1 rings (SSSR count). The van der Waals surface area contributed by atoms with Gasteiger partial charge in [-0.2, -0.15) is 0 Å². The van der Waals surface area contributed by atoms with Crippen molar-refractivity contribution >= 4 is 21.6 Å². The Morgan fingerprint density at radius 2 is 1.83 bits per heavy atom. The van der Waals surface area contributed by atoms with Crippen molar-refractivity contribution in [2.24, 2.45) is 0 Å². The zero-order valence-electron chi connectivity index (χ0n) is 14.3. The molecule has 6 nitrogen and oxygen atoms in total. The lowest BCUT2D eigenvalue weighted by atomic mass is 10.1. The highest BCUT2D eigenvalue weighted by atomic mass is 32.2. The van der Waals surface area contributed by atoms with Crippen LogP contribution in [0.25, 0.3) is 0 Å². The second kappa shape index (κ2) is 8.88. The van der Waals surface area contributed by atoms with Crippen LogP contribution < -0.4 is 9.62 Å². The average molecular weight is 342 g/mol. The van der Waals surface area contributed by atoms with E-state index in [0.717, 1.165) is 23.8 Å². The average Bonchev–Trinajstić information content (AvgIpc) is 2.41. The van der Waals surface area contributed by atoms with Crippen LogP contribution in [0.15, 0.2) is 18.2 Å². The van der Waals surface area contributed by atoms with Crippen LogP contribution in [0.4, 0.5) is 5.69 Å². The Morgan fingerprint density at radius 1 is 1.22 bits per heavy atom. The molecular formula is C16H26N2O4S. The SMILES string of the molecule is COCCCNC(=O)CCN(c1cc(C)cc(C)c1)S(C)(=O)=O. The van der Waals surface area contributed by atoms with E-state index >= 15 is 0 Å². The van der Waals surface area contributed by atoms with Crippen LogP contribution in [0.5, 0.6) is 0 Å². The van der Waals surface area contributed by atoms with Crippen molar-refractivity contribution in [1.29, 1.82) is 0 Å². The minimum atomic E-state index is -3.44. The zero-order valence-corrected chi connectivity index (χ0v) is 15.1. The predicted molar refractivity (Wildman–Crippen MR) is 92.2 cm³/mol. The summed E-state index contributed by atoms with van der Waals surface area (Å²) in [6, 6.07) is 5.60. The van der Waals surface area contributed by atoms with Gasteiger partial charge in [0.05, 0.1) is 11.9 Å². The van der Waals surface area contributed by atoms with Crippen molar-refractivity contribution in [2.45, 2.75) is 26.7 Å². The van der Waals surface area contributed by atoms with Crippen molar-refractivity contribution in [2.75, 3.05) is 37.4 Å². The Labute approximate surface area is 138 Å². The number of rotatable bonds is 9. The summed E-state index contributed by atoms with van der Waals surface area (Å²) in [6.45, 7) is 5.06. The molecule has 1 amide bonds. The Hall–Kier alpha value is -1.60. The van der Waals surface area contributed by atoms with E-state index in [0.29, 0.717) is 18.8 Å². The van der Waals surface area contributed by atoms with E-state index in [1.54, 1.807) is 7.11 Å². The first-order valence-corrected chi connectivity index (χ1v) is 9.40. The maximum Gasteiger partial charge on any atom is 0.232 e. The highest BCUT2D eigenvalue weighted by Crippen LogP contribution is 2.21. The normalized spacial score (nSPS) is 11.3. The van der Waals surface area contributed by atoms with Gasteiger partial charge in [0.2, 0.25) is 15.9 Å². The fourth-order valence-corrected chi connectivity index (χ4v) is 3.23. The molecule has 0 atom stereocenters. The van der Waals surface area contributed by atoms with E-state index in [4.69, 9.17) is 4.74 Å². The van der Waals surface area contributed by atoms with Gasteiger partial charge in [0.25, 0.3) is 0 Å². The quantitative estimate of drug-likeness (QED) is 0.692. The molecule has 0 bridgehead atoms. The fourth-order valence-electron chi connectivity index (χ4n) is 2.32. The number of carbonyl (C=O) groups excluding carboxylic acids is 1. The van der Waals surface area contributed by atoms with E-state index < -0.39 is 10.0 Å². The summed E-state index contributed by atoms with van der Waals surface area (Å²) in [5.41, 5.74) is 2.56. The first-order chi connectivity index (χ1) is 10.7. The Morgan fingerprint density at radius 3 is 2.35 bits per heavy atom. The van der Waals surface area contributed by atoms with Crippen LogP contribution in [0.1, 0.15) is 24.0 Å². The summed E-state index contributed by atoms with van der Waals surface area (Å²) < 4.78 is 30.3. The molecule has 0 aliphatic rings. The number of hydrogen-bond donors (Lipinski definition) is 1. The molecule has 1 aromatic rings. The van der Waals surface area contributed by atoms with Gasteiger partial charge in [0, 0.05) is 33.2 Å². The largest absolute Gasteiger partial charge is 0.385 e. The third-order valence-corrected chi connectivity index (χ3v) is 4.48. The highest BCUT2D eigenvalue weighted by molar-refractivity contribution is 7.92. The summed E-state index contributed by atoms with van der Waals surface area (Å²) in [5.74, 6) is -0.167. The topological polar surface area (TPSA) is 75.7 Å². The fraction of sp³-hybridized carbons (Fsp3) is 0.562. The van der Waals surface area contributed by atoms with E-state index in [1.807, 2.05) is 32.0 Å². The molecule has 0 aliphatic heterocycles. The van der Waals surface area contributed by atoms with Crippen LogP contribution in [-0.2, 0) is 19.6 Å². The Balaban J connectivity index is 2.72.